The Balaban J connectivity index is 2.64. The lowest BCUT2D eigenvalue weighted by Crippen LogP contribution is -2.23. The van der Waals surface area contributed by atoms with Crippen molar-refractivity contribution in [2.24, 2.45) is 0 Å². The van der Waals surface area contributed by atoms with Gasteiger partial charge in [0.25, 0.3) is 0 Å². The summed E-state index contributed by atoms with van der Waals surface area (Å²) in [6.45, 7) is 3.11. The maximum absolute atomic E-state index is 12.9. The summed E-state index contributed by atoms with van der Waals surface area (Å²) in [5.41, 5.74) is 0.561. The summed E-state index contributed by atoms with van der Waals surface area (Å²) in [5, 5.41) is 12.6. The zero-order valence-electron chi connectivity index (χ0n) is 8.96. The lowest BCUT2D eigenvalue weighted by Gasteiger charge is -2.15. The lowest BCUT2D eigenvalue weighted by molar-refractivity contribution is 0.196. The molecule has 84 valence electrons. The fourth-order valence-corrected chi connectivity index (χ4v) is 1.36. The van der Waals surface area contributed by atoms with E-state index in [1.165, 1.54) is 18.2 Å². The molecule has 0 aromatic heterocycles. The maximum Gasteiger partial charge on any atom is 0.123 e. The van der Waals surface area contributed by atoms with Crippen molar-refractivity contribution in [2.45, 2.75) is 13.0 Å². The van der Waals surface area contributed by atoms with Gasteiger partial charge in [-0.2, -0.15) is 0 Å². The third-order valence-corrected chi connectivity index (χ3v) is 2.21. The van der Waals surface area contributed by atoms with Gasteiger partial charge in [-0.15, -0.1) is 0 Å². The van der Waals surface area contributed by atoms with E-state index in [9.17, 15) is 9.50 Å². The first-order valence-electron chi connectivity index (χ1n) is 4.86. The normalized spacial score (nSPS) is 12.7. The summed E-state index contributed by atoms with van der Waals surface area (Å²) in [7, 11) is 1.62. The van der Waals surface area contributed by atoms with Gasteiger partial charge in [0.15, 0.2) is 0 Å². The van der Waals surface area contributed by atoms with Crippen LogP contribution in [0.4, 0.5) is 4.39 Å². The summed E-state index contributed by atoms with van der Waals surface area (Å²) in [6, 6.07) is 3.83. The van der Waals surface area contributed by atoms with Crippen LogP contribution in [0.15, 0.2) is 18.2 Å². The number of hydrogen-bond acceptors (Lipinski definition) is 3. The molecule has 0 aliphatic rings. The molecule has 1 aromatic rings. The average Bonchev–Trinajstić information content (AvgIpc) is 2.22. The van der Waals surface area contributed by atoms with Crippen LogP contribution in [0.2, 0.25) is 0 Å². The van der Waals surface area contributed by atoms with E-state index >= 15 is 0 Å². The number of hydrogen-bond donors (Lipinski definition) is 2. The van der Waals surface area contributed by atoms with Gasteiger partial charge in [0.05, 0.1) is 6.61 Å². The van der Waals surface area contributed by atoms with Crippen molar-refractivity contribution in [1.29, 1.82) is 0 Å². The first-order valence-corrected chi connectivity index (χ1v) is 4.86. The van der Waals surface area contributed by atoms with Gasteiger partial charge in [0.1, 0.15) is 11.6 Å². The fourth-order valence-electron chi connectivity index (χ4n) is 1.36. The Morgan fingerprint density at radius 1 is 1.53 bits per heavy atom. The summed E-state index contributed by atoms with van der Waals surface area (Å²) in [5.74, 6) is -0.239. The van der Waals surface area contributed by atoms with E-state index in [1.54, 1.807) is 7.11 Å². The van der Waals surface area contributed by atoms with Gasteiger partial charge in [-0.05, 0) is 25.1 Å². The highest BCUT2D eigenvalue weighted by Crippen LogP contribution is 2.24. The Morgan fingerprint density at radius 2 is 2.27 bits per heavy atom. The molecule has 3 nitrogen and oxygen atoms in total. The van der Waals surface area contributed by atoms with Gasteiger partial charge < -0.3 is 15.2 Å². The first-order chi connectivity index (χ1) is 7.15. The highest BCUT2D eigenvalue weighted by atomic mass is 19.1. The number of rotatable bonds is 5. The molecule has 1 atom stereocenters. The van der Waals surface area contributed by atoms with Crippen molar-refractivity contribution in [3.8, 4) is 5.75 Å². The molecule has 0 saturated carbocycles. The quantitative estimate of drug-likeness (QED) is 0.733. The molecule has 0 bridgehead atoms. The van der Waals surface area contributed by atoms with Crippen LogP contribution >= 0.6 is 0 Å². The van der Waals surface area contributed by atoms with Gasteiger partial charge in [0.2, 0.25) is 0 Å². The predicted octanol–water partition coefficient (Wildman–Crippen LogP) is 1.83. The number of halogens is 1. The zero-order valence-corrected chi connectivity index (χ0v) is 8.96. The Hall–Kier alpha value is -1.13. The molecule has 1 aromatic carbocycles. The minimum absolute atomic E-state index is 0.101. The summed E-state index contributed by atoms with van der Waals surface area (Å²) in [4.78, 5) is 0. The molecule has 15 heavy (non-hydrogen) atoms. The molecule has 0 spiro atoms. The largest absolute Gasteiger partial charge is 0.508 e. The summed E-state index contributed by atoms with van der Waals surface area (Å²) < 4.78 is 17.8. The number of phenols is 1. The van der Waals surface area contributed by atoms with Crippen molar-refractivity contribution >= 4 is 0 Å². The number of aromatic hydroxyl groups is 1. The van der Waals surface area contributed by atoms with Crippen LogP contribution in [0.5, 0.6) is 5.75 Å². The fraction of sp³-hybridized carbons (Fsp3) is 0.455. The van der Waals surface area contributed by atoms with E-state index in [1.807, 2.05) is 6.92 Å². The molecular formula is C11H16FNO2. The molecule has 0 saturated heterocycles. The van der Waals surface area contributed by atoms with E-state index < -0.39 is 0 Å². The van der Waals surface area contributed by atoms with Crippen molar-refractivity contribution < 1.29 is 14.2 Å². The Labute approximate surface area is 88.9 Å². The van der Waals surface area contributed by atoms with Gasteiger partial charge in [-0.25, -0.2) is 4.39 Å². The van der Waals surface area contributed by atoms with Gasteiger partial charge in [-0.1, -0.05) is 0 Å². The highest BCUT2D eigenvalue weighted by molar-refractivity contribution is 5.34. The van der Waals surface area contributed by atoms with Crippen LogP contribution < -0.4 is 5.32 Å². The maximum atomic E-state index is 12.9. The molecule has 0 aliphatic carbocycles. The molecule has 0 heterocycles. The summed E-state index contributed by atoms with van der Waals surface area (Å²) in [6.07, 6.45) is 0. The molecule has 2 N–H and O–H groups in total. The molecule has 0 fully saturated rings. The SMILES string of the molecule is COCCN[C@@H](C)c1cc(F)ccc1O. The standard InChI is InChI=1S/C11H16FNO2/c1-8(13-5-6-15-2)10-7-9(12)3-4-11(10)14/h3-4,7-8,13-14H,5-6H2,1-2H3/t8-/m0/s1. The van der Waals surface area contributed by atoms with E-state index in [0.29, 0.717) is 18.7 Å². The molecule has 0 amide bonds. The molecule has 0 aliphatic heterocycles. The van der Waals surface area contributed by atoms with E-state index in [4.69, 9.17) is 4.74 Å². The second-order valence-corrected chi connectivity index (χ2v) is 3.37. The number of benzene rings is 1. The van der Waals surface area contributed by atoms with Crippen molar-refractivity contribution in [3.05, 3.63) is 29.6 Å². The topological polar surface area (TPSA) is 41.5 Å². The van der Waals surface area contributed by atoms with Gasteiger partial charge in [0, 0.05) is 25.3 Å². The van der Waals surface area contributed by atoms with Crippen LogP contribution in [0, 0.1) is 5.82 Å². The Kier molecular flexibility index (Phi) is 4.52. The van der Waals surface area contributed by atoms with Gasteiger partial charge >= 0.3 is 0 Å². The number of ether oxygens (including phenoxy) is 1. The minimum atomic E-state index is -0.344. The predicted molar refractivity (Wildman–Crippen MR) is 56.4 cm³/mol. The summed E-state index contributed by atoms with van der Waals surface area (Å²) >= 11 is 0. The average molecular weight is 213 g/mol. The molecule has 0 unspecified atom stereocenters. The van der Waals surface area contributed by atoms with E-state index in [-0.39, 0.29) is 17.6 Å². The lowest BCUT2D eigenvalue weighted by atomic mass is 10.1. The van der Waals surface area contributed by atoms with Crippen LogP contribution in [-0.4, -0.2) is 25.4 Å². The number of nitrogens with one attached hydrogen (secondary N) is 1. The van der Waals surface area contributed by atoms with E-state index in [2.05, 4.69) is 5.32 Å². The third-order valence-electron chi connectivity index (χ3n) is 2.21. The Bertz CT molecular complexity index is 317. The third kappa shape index (κ3) is 3.49. The van der Waals surface area contributed by atoms with Crippen LogP contribution in [0.25, 0.3) is 0 Å². The number of methoxy groups -OCH3 is 1. The van der Waals surface area contributed by atoms with Crippen LogP contribution in [0.3, 0.4) is 0 Å². The van der Waals surface area contributed by atoms with Crippen LogP contribution in [-0.2, 0) is 4.74 Å². The molecular weight excluding hydrogens is 197 g/mol. The monoisotopic (exact) mass is 213 g/mol. The highest BCUT2D eigenvalue weighted by Gasteiger charge is 2.10. The van der Waals surface area contributed by atoms with Crippen molar-refractivity contribution in [3.63, 3.8) is 0 Å². The van der Waals surface area contributed by atoms with Crippen molar-refractivity contribution in [1.82, 2.24) is 5.32 Å². The molecule has 0 radical (unpaired) electrons. The smallest absolute Gasteiger partial charge is 0.123 e. The van der Waals surface area contributed by atoms with Crippen LogP contribution in [0.1, 0.15) is 18.5 Å². The van der Waals surface area contributed by atoms with Crippen molar-refractivity contribution in [2.75, 3.05) is 20.3 Å². The van der Waals surface area contributed by atoms with E-state index in [0.717, 1.165) is 0 Å². The Morgan fingerprint density at radius 3 is 2.93 bits per heavy atom. The number of phenolic OH excluding ortho intramolecular Hbond substituents is 1. The second-order valence-electron chi connectivity index (χ2n) is 3.37. The molecule has 1 rings (SSSR count). The first kappa shape index (κ1) is 11.9. The minimum Gasteiger partial charge on any atom is -0.508 e. The van der Waals surface area contributed by atoms with Gasteiger partial charge in [-0.3, -0.25) is 0 Å². The zero-order chi connectivity index (χ0) is 11.3. The molecule has 4 heteroatoms. The second kappa shape index (κ2) is 5.68.